The van der Waals surface area contributed by atoms with Crippen molar-refractivity contribution in [3.05, 3.63) is 70.8 Å². The highest BCUT2D eigenvalue weighted by atomic mass is 16.6. The fourth-order valence-corrected chi connectivity index (χ4v) is 7.17. The monoisotopic (exact) mass is 474 g/mol. The van der Waals surface area contributed by atoms with Gasteiger partial charge in [0.1, 0.15) is 12.2 Å². The third kappa shape index (κ3) is 3.25. The fourth-order valence-electron chi connectivity index (χ4n) is 7.17. The van der Waals surface area contributed by atoms with Crippen molar-refractivity contribution in [1.29, 1.82) is 0 Å². The van der Waals surface area contributed by atoms with E-state index in [0.717, 1.165) is 36.8 Å². The molecule has 4 aliphatic carbocycles. The lowest BCUT2D eigenvalue weighted by atomic mass is 9.77. The maximum absolute atomic E-state index is 14.0. The Bertz CT molecular complexity index is 1210. The highest BCUT2D eigenvalue weighted by molar-refractivity contribution is 5.89. The van der Waals surface area contributed by atoms with Gasteiger partial charge in [0.25, 0.3) is 0 Å². The summed E-state index contributed by atoms with van der Waals surface area (Å²) in [6.07, 6.45) is 7.49. The third-order valence-corrected chi connectivity index (χ3v) is 8.73. The van der Waals surface area contributed by atoms with Gasteiger partial charge in [0.2, 0.25) is 0 Å². The molecule has 2 saturated carbocycles. The second kappa shape index (κ2) is 7.94. The van der Waals surface area contributed by atoms with Gasteiger partial charge >= 0.3 is 17.9 Å². The van der Waals surface area contributed by atoms with Gasteiger partial charge in [-0.05, 0) is 57.1 Å². The Morgan fingerprint density at radius 2 is 1.94 bits per heavy atom. The zero-order chi connectivity index (χ0) is 24.5. The standard InChI is InChI=1S/C29H30O6/c1-15(2)26(30)33-24-19-14-18-22(27(31)34-25(18)24)23(19)28(32)35-29(3)20-10-6-4-8-16(20)12-13-17-9-5-7-11-21(17)29/h4,6-8,10-11,18-19,22-25H,1,5,9,12-14H2,2-3H3. The SMILES string of the molecule is C=C(C)C(=O)OC1C2CC3C1OC(=O)C3C2C(=O)OC1(C)C2=C(CCC=C2)CCc2ccccc21. The van der Waals surface area contributed by atoms with E-state index < -0.39 is 41.6 Å². The Kier molecular flexibility index (Phi) is 5.06. The molecule has 1 heterocycles. The molecule has 5 aliphatic rings. The molecule has 3 fully saturated rings. The molecule has 2 bridgehead atoms. The maximum Gasteiger partial charge on any atom is 0.333 e. The van der Waals surface area contributed by atoms with Crippen molar-refractivity contribution in [3.63, 3.8) is 0 Å². The number of carbonyl (C=O) groups is 3. The van der Waals surface area contributed by atoms with Crippen LogP contribution in [0.25, 0.3) is 0 Å². The van der Waals surface area contributed by atoms with Gasteiger partial charge in [-0.15, -0.1) is 0 Å². The molecule has 7 atom stereocenters. The first-order chi connectivity index (χ1) is 16.8. The lowest BCUT2D eigenvalue weighted by Gasteiger charge is -2.37. The molecule has 0 radical (unpaired) electrons. The summed E-state index contributed by atoms with van der Waals surface area (Å²) in [5.41, 5.74) is 3.85. The number of hydrogen-bond acceptors (Lipinski definition) is 6. The Hall–Kier alpha value is -3.15. The molecular formula is C29H30O6. The van der Waals surface area contributed by atoms with Crippen LogP contribution < -0.4 is 0 Å². The molecule has 6 heteroatoms. The van der Waals surface area contributed by atoms with Crippen LogP contribution >= 0.6 is 0 Å². The Morgan fingerprint density at radius 1 is 1.14 bits per heavy atom. The van der Waals surface area contributed by atoms with Gasteiger partial charge in [0.15, 0.2) is 5.60 Å². The van der Waals surface area contributed by atoms with Crippen molar-refractivity contribution < 1.29 is 28.6 Å². The summed E-state index contributed by atoms with van der Waals surface area (Å²) >= 11 is 0. The molecule has 0 aromatic heterocycles. The van der Waals surface area contributed by atoms with Gasteiger partial charge in [-0.3, -0.25) is 9.59 Å². The highest BCUT2D eigenvalue weighted by Gasteiger charge is 2.70. The lowest BCUT2D eigenvalue weighted by molar-refractivity contribution is -0.170. The predicted molar refractivity (Wildman–Crippen MR) is 127 cm³/mol. The molecule has 0 spiro atoms. The molecule has 6 rings (SSSR count). The Balaban J connectivity index is 1.36. The number of allylic oxidation sites excluding steroid dienone is 2. The van der Waals surface area contributed by atoms with Crippen LogP contribution in [-0.4, -0.2) is 30.1 Å². The molecule has 7 unspecified atom stereocenters. The van der Waals surface area contributed by atoms with Gasteiger partial charge in [-0.25, -0.2) is 4.79 Å². The molecule has 182 valence electrons. The first-order valence-corrected chi connectivity index (χ1v) is 12.6. The molecule has 0 amide bonds. The van der Waals surface area contributed by atoms with E-state index in [4.69, 9.17) is 14.2 Å². The maximum atomic E-state index is 14.0. The highest BCUT2D eigenvalue weighted by Crippen LogP contribution is 2.59. The number of aryl methyl sites for hydroxylation is 1. The molecule has 1 saturated heterocycles. The van der Waals surface area contributed by atoms with Crippen LogP contribution in [0.1, 0.15) is 50.7 Å². The van der Waals surface area contributed by atoms with Crippen LogP contribution in [0.3, 0.4) is 0 Å². The number of fused-ring (bicyclic) bond motifs is 2. The van der Waals surface area contributed by atoms with Crippen molar-refractivity contribution in [2.24, 2.45) is 23.7 Å². The number of rotatable bonds is 4. The normalized spacial score (nSPS) is 36.2. The van der Waals surface area contributed by atoms with E-state index in [2.05, 4.69) is 24.8 Å². The average molecular weight is 475 g/mol. The van der Waals surface area contributed by atoms with Crippen LogP contribution in [0.4, 0.5) is 0 Å². The number of ether oxygens (including phenoxy) is 3. The van der Waals surface area contributed by atoms with Crippen molar-refractivity contribution in [2.45, 2.75) is 63.8 Å². The molecule has 35 heavy (non-hydrogen) atoms. The number of esters is 3. The molecule has 0 N–H and O–H groups in total. The van der Waals surface area contributed by atoms with Crippen molar-refractivity contribution in [1.82, 2.24) is 0 Å². The minimum atomic E-state index is -0.954. The minimum absolute atomic E-state index is 0.133. The van der Waals surface area contributed by atoms with E-state index in [0.29, 0.717) is 6.42 Å². The van der Waals surface area contributed by atoms with Crippen LogP contribution in [0, 0.1) is 23.7 Å². The summed E-state index contributed by atoms with van der Waals surface area (Å²) < 4.78 is 17.8. The first kappa shape index (κ1) is 22.3. The van der Waals surface area contributed by atoms with E-state index in [9.17, 15) is 14.4 Å². The summed E-state index contributed by atoms with van der Waals surface area (Å²) in [6.45, 7) is 7.21. The topological polar surface area (TPSA) is 78.9 Å². The molecule has 1 aliphatic heterocycles. The van der Waals surface area contributed by atoms with Gasteiger partial charge in [-0.1, -0.05) is 48.6 Å². The minimum Gasteiger partial charge on any atom is -0.458 e. The van der Waals surface area contributed by atoms with Crippen LogP contribution in [0.15, 0.2) is 59.7 Å². The first-order valence-electron chi connectivity index (χ1n) is 12.6. The van der Waals surface area contributed by atoms with Crippen LogP contribution in [0.2, 0.25) is 0 Å². The van der Waals surface area contributed by atoms with Crippen molar-refractivity contribution in [3.8, 4) is 0 Å². The number of carbonyl (C=O) groups excluding carboxylic acids is 3. The van der Waals surface area contributed by atoms with E-state index >= 15 is 0 Å². The summed E-state index contributed by atoms with van der Waals surface area (Å²) in [6, 6.07) is 8.14. The van der Waals surface area contributed by atoms with Gasteiger partial charge in [0.05, 0.1) is 11.8 Å². The lowest BCUT2D eigenvalue weighted by Crippen LogP contribution is -2.45. The summed E-state index contributed by atoms with van der Waals surface area (Å²) in [5, 5.41) is 0. The zero-order valence-corrected chi connectivity index (χ0v) is 20.1. The molecule has 1 aromatic rings. The van der Waals surface area contributed by atoms with Crippen LogP contribution in [0.5, 0.6) is 0 Å². The Labute approximate surface area is 205 Å². The molecule has 6 nitrogen and oxygen atoms in total. The number of benzene rings is 1. The Morgan fingerprint density at radius 3 is 2.74 bits per heavy atom. The molecule has 1 aromatic carbocycles. The van der Waals surface area contributed by atoms with E-state index in [1.807, 2.05) is 25.1 Å². The summed E-state index contributed by atoms with van der Waals surface area (Å²) in [5.74, 6) is -3.01. The quantitative estimate of drug-likeness (QED) is 0.367. The van der Waals surface area contributed by atoms with Crippen molar-refractivity contribution >= 4 is 17.9 Å². The van der Waals surface area contributed by atoms with Gasteiger partial charge < -0.3 is 14.2 Å². The van der Waals surface area contributed by atoms with E-state index in [1.54, 1.807) is 6.92 Å². The fraction of sp³-hybridized carbons (Fsp3) is 0.483. The van der Waals surface area contributed by atoms with Gasteiger partial charge in [0, 0.05) is 23.0 Å². The number of hydrogen-bond donors (Lipinski definition) is 0. The predicted octanol–water partition coefficient (Wildman–Crippen LogP) is 4.33. The molecular weight excluding hydrogens is 444 g/mol. The summed E-state index contributed by atoms with van der Waals surface area (Å²) in [4.78, 5) is 39.1. The van der Waals surface area contributed by atoms with E-state index in [-0.39, 0.29) is 23.4 Å². The van der Waals surface area contributed by atoms with Gasteiger partial charge in [-0.2, -0.15) is 0 Å². The largest absolute Gasteiger partial charge is 0.458 e. The summed E-state index contributed by atoms with van der Waals surface area (Å²) in [7, 11) is 0. The van der Waals surface area contributed by atoms with E-state index in [1.165, 1.54) is 11.1 Å². The second-order valence-electron chi connectivity index (χ2n) is 10.7. The van der Waals surface area contributed by atoms with Crippen molar-refractivity contribution in [2.75, 3.05) is 0 Å². The second-order valence-corrected chi connectivity index (χ2v) is 10.7. The average Bonchev–Trinajstić information content (AvgIpc) is 3.43. The third-order valence-electron chi connectivity index (χ3n) is 8.73. The van der Waals surface area contributed by atoms with Crippen LogP contribution in [-0.2, 0) is 40.6 Å². The smallest absolute Gasteiger partial charge is 0.333 e. The zero-order valence-electron chi connectivity index (χ0n) is 20.1.